The molecule has 0 radical (unpaired) electrons. The van der Waals surface area contributed by atoms with Gasteiger partial charge in [-0.15, -0.1) is 0 Å². The quantitative estimate of drug-likeness (QED) is 0.835. The zero-order chi connectivity index (χ0) is 16.9. The Hall–Kier alpha value is -1.55. The standard InChI is InChI=1S/C20H30N2O2/c1-3-11-24-18-6-4-5-16(12-18)13-21-19-9-10-22(14-15(19)2)20(23)17-7-8-17/h4-6,12,15,17,19,21H,3,7-11,13-14H2,1-2H3/t15-,19-/m0/s1. The second-order valence-electron chi connectivity index (χ2n) is 7.31. The Kier molecular flexibility index (Phi) is 5.77. The molecule has 1 saturated heterocycles. The molecule has 2 aliphatic rings. The van der Waals surface area contributed by atoms with E-state index in [0.717, 1.165) is 57.7 Å². The van der Waals surface area contributed by atoms with Gasteiger partial charge in [-0.25, -0.2) is 0 Å². The number of ether oxygens (including phenoxy) is 1. The fourth-order valence-corrected chi connectivity index (χ4v) is 3.45. The van der Waals surface area contributed by atoms with Crippen molar-refractivity contribution in [2.24, 2.45) is 11.8 Å². The summed E-state index contributed by atoms with van der Waals surface area (Å²) in [6, 6.07) is 8.82. The summed E-state index contributed by atoms with van der Waals surface area (Å²) in [5.41, 5.74) is 1.26. The van der Waals surface area contributed by atoms with E-state index < -0.39 is 0 Å². The fourth-order valence-electron chi connectivity index (χ4n) is 3.45. The number of piperidine rings is 1. The molecule has 132 valence electrons. The molecule has 1 N–H and O–H groups in total. The van der Waals surface area contributed by atoms with Crippen molar-refractivity contribution < 1.29 is 9.53 Å². The highest BCUT2D eigenvalue weighted by atomic mass is 16.5. The molecule has 2 fully saturated rings. The number of nitrogens with one attached hydrogen (secondary N) is 1. The molecule has 24 heavy (non-hydrogen) atoms. The number of likely N-dealkylation sites (tertiary alicyclic amines) is 1. The minimum absolute atomic E-state index is 0.340. The maximum Gasteiger partial charge on any atom is 0.225 e. The van der Waals surface area contributed by atoms with E-state index in [1.807, 2.05) is 6.07 Å². The smallest absolute Gasteiger partial charge is 0.225 e. The fraction of sp³-hybridized carbons (Fsp3) is 0.650. The van der Waals surface area contributed by atoms with E-state index in [2.05, 4.69) is 42.3 Å². The predicted octanol–water partition coefficient (Wildman–Crippen LogP) is 3.21. The van der Waals surface area contributed by atoms with Gasteiger partial charge in [-0.05, 0) is 49.3 Å². The van der Waals surface area contributed by atoms with Gasteiger partial charge in [0.05, 0.1) is 6.61 Å². The van der Waals surface area contributed by atoms with Gasteiger partial charge >= 0.3 is 0 Å². The molecule has 1 saturated carbocycles. The predicted molar refractivity (Wildman–Crippen MR) is 95.9 cm³/mol. The van der Waals surface area contributed by atoms with Gasteiger partial charge in [-0.2, -0.15) is 0 Å². The third-order valence-electron chi connectivity index (χ3n) is 5.08. The SMILES string of the molecule is CCCOc1cccc(CN[C@H]2CCN(C(=O)C3CC3)C[C@@H]2C)c1. The van der Waals surface area contributed by atoms with Crippen LogP contribution in [-0.4, -0.2) is 36.5 Å². The van der Waals surface area contributed by atoms with E-state index in [1.54, 1.807) is 0 Å². The van der Waals surface area contributed by atoms with Gasteiger partial charge in [0.25, 0.3) is 0 Å². The highest BCUT2D eigenvalue weighted by Crippen LogP contribution is 2.32. The van der Waals surface area contributed by atoms with Gasteiger partial charge in [-0.3, -0.25) is 4.79 Å². The van der Waals surface area contributed by atoms with Crippen LogP contribution < -0.4 is 10.1 Å². The van der Waals surface area contributed by atoms with Crippen molar-refractivity contribution in [1.29, 1.82) is 0 Å². The summed E-state index contributed by atoms with van der Waals surface area (Å²) in [7, 11) is 0. The molecule has 3 rings (SSSR count). The summed E-state index contributed by atoms with van der Waals surface area (Å²) in [5, 5.41) is 3.68. The molecule has 2 atom stereocenters. The number of hydrogen-bond donors (Lipinski definition) is 1. The normalized spacial score (nSPS) is 24.0. The van der Waals surface area contributed by atoms with Crippen LogP contribution in [0.5, 0.6) is 5.75 Å². The first kappa shape index (κ1) is 17.3. The van der Waals surface area contributed by atoms with Gasteiger partial charge in [0.15, 0.2) is 0 Å². The molecule has 0 aromatic heterocycles. The Bertz CT molecular complexity index is 556. The first-order valence-corrected chi connectivity index (χ1v) is 9.41. The Morgan fingerprint density at radius 1 is 1.33 bits per heavy atom. The molecule has 0 spiro atoms. The molecule has 4 heteroatoms. The van der Waals surface area contributed by atoms with Gasteiger partial charge in [0, 0.05) is 31.6 Å². The topological polar surface area (TPSA) is 41.6 Å². The van der Waals surface area contributed by atoms with Gasteiger partial charge in [-0.1, -0.05) is 26.0 Å². The number of benzene rings is 1. The summed E-state index contributed by atoms with van der Waals surface area (Å²) in [6.45, 7) is 7.79. The number of carbonyl (C=O) groups is 1. The monoisotopic (exact) mass is 330 g/mol. The Balaban J connectivity index is 1.47. The van der Waals surface area contributed by atoms with E-state index in [-0.39, 0.29) is 0 Å². The largest absolute Gasteiger partial charge is 0.494 e. The lowest BCUT2D eigenvalue weighted by molar-refractivity contribution is -0.134. The average Bonchev–Trinajstić information content (AvgIpc) is 3.43. The van der Waals surface area contributed by atoms with Gasteiger partial charge < -0.3 is 15.0 Å². The third-order valence-corrected chi connectivity index (χ3v) is 5.08. The van der Waals surface area contributed by atoms with Crippen molar-refractivity contribution in [3.05, 3.63) is 29.8 Å². The number of amides is 1. The maximum atomic E-state index is 12.2. The molecular formula is C20H30N2O2. The van der Waals surface area contributed by atoms with Gasteiger partial charge in [0.1, 0.15) is 5.75 Å². The lowest BCUT2D eigenvalue weighted by Gasteiger charge is -2.37. The number of nitrogens with zero attached hydrogens (tertiary/aromatic N) is 1. The average molecular weight is 330 g/mol. The van der Waals surface area contributed by atoms with Crippen LogP contribution in [0, 0.1) is 11.8 Å². The highest BCUT2D eigenvalue weighted by molar-refractivity contribution is 5.81. The third kappa shape index (κ3) is 4.50. The Morgan fingerprint density at radius 2 is 2.17 bits per heavy atom. The molecule has 1 heterocycles. The maximum absolute atomic E-state index is 12.2. The van der Waals surface area contributed by atoms with E-state index in [0.29, 0.717) is 23.8 Å². The van der Waals surface area contributed by atoms with Crippen LogP contribution in [0.1, 0.15) is 45.1 Å². The van der Waals surface area contributed by atoms with E-state index in [9.17, 15) is 4.79 Å². The summed E-state index contributed by atoms with van der Waals surface area (Å²) >= 11 is 0. The molecule has 1 aromatic carbocycles. The summed E-state index contributed by atoms with van der Waals surface area (Å²) < 4.78 is 5.71. The van der Waals surface area contributed by atoms with Crippen LogP contribution in [0.15, 0.2) is 24.3 Å². The van der Waals surface area contributed by atoms with Crippen LogP contribution in [0.25, 0.3) is 0 Å². The zero-order valence-corrected chi connectivity index (χ0v) is 15.0. The van der Waals surface area contributed by atoms with Gasteiger partial charge in [0.2, 0.25) is 5.91 Å². The van der Waals surface area contributed by atoms with Crippen molar-refractivity contribution >= 4 is 5.91 Å². The van der Waals surface area contributed by atoms with Crippen molar-refractivity contribution in [2.75, 3.05) is 19.7 Å². The van der Waals surface area contributed by atoms with Crippen molar-refractivity contribution in [2.45, 2.75) is 52.1 Å². The lowest BCUT2D eigenvalue weighted by Crippen LogP contribution is -2.50. The van der Waals surface area contributed by atoms with Crippen molar-refractivity contribution in [3.8, 4) is 5.75 Å². The molecule has 0 bridgehead atoms. The molecule has 0 unspecified atom stereocenters. The minimum atomic E-state index is 0.340. The van der Waals surface area contributed by atoms with E-state index >= 15 is 0 Å². The lowest BCUT2D eigenvalue weighted by atomic mass is 9.93. The number of hydrogen-bond acceptors (Lipinski definition) is 3. The van der Waals surface area contributed by atoms with Crippen molar-refractivity contribution in [3.63, 3.8) is 0 Å². The van der Waals surface area contributed by atoms with Crippen LogP contribution in [0.4, 0.5) is 0 Å². The van der Waals surface area contributed by atoms with E-state index in [1.165, 1.54) is 5.56 Å². The molecule has 1 amide bonds. The van der Waals surface area contributed by atoms with Crippen LogP contribution in [0.3, 0.4) is 0 Å². The van der Waals surface area contributed by atoms with Crippen LogP contribution in [0.2, 0.25) is 0 Å². The Morgan fingerprint density at radius 3 is 2.88 bits per heavy atom. The second kappa shape index (κ2) is 8.02. The molecule has 1 aliphatic heterocycles. The summed E-state index contributed by atoms with van der Waals surface area (Å²) in [5.74, 6) is 2.18. The van der Waals surface area contributed by atoms with E-state index in [4.69, 9.17) is 4.74 Å². The zero-order valence-electron chi connectivity index (χ0n) is 15.0. The summed E-state index contributed by atoms with van der Waals surface area (Å²) in [6.07, 6.45) is 4.27. The van der Waals surface area contributed by atoms with Crippen LogP contribution >= 0.6 is 0 Å². The molecule has 1 aromatic rings. The summed E-state index contributed by atoms with van der Waals surface area (Å²) in [4.78, 5) is 14.3. The van der Waals surface area contributed by atoms with Crippen LogP contribution in [-0.2, 0) is 11.3 Å². The van der Waals surface area contributed by atoms with Crippen molar-refractivity contribution in [1.82, 2.24) is 10.2 Å². The first-order valence-electron chi connectivity index (χ1n) is 9.41. The highest BCUT2D eigenvalue weighted by Gasteiger charge is 2.36. The second-order valence-corrected chi connectivity index (χ2v) is 7.31. The first-order chi connectivity index (χ1) is 11.7. The molecule has 4 nitrogen and oxygen atoms in total. The number of rotatable bonds is 7. The number of carbonyl (C=O) groups excluding carboxylic acids is 1. The molecule has 1 aliphatic carbocycles. The Labute approximate surface area is 145 Å². The minimum Gasteiger partial charge on any atom is -0.494 e. The molecular weight excluding hydrogens is 300 g/mol.